The second-order valence-corrected chi connectivity index (χ2v) is 4.18. The molecular formula is C10H16F2N2O3. The lowest BCUT2D eigenvalue weighted by Gasteiger charge is -2.33. The van der Waals surface area contributed by atoms with E-state index in [1.165, 1.54) is 11.9 Å². The number of hydrogen-bond acceptors (Lipinski definition) is 2. The fraction of sp³-hybridized carbons (Fsp3) is 0.800. The number of carbonyl (C=O) groups is 2. The monoisotopic (exact) mass is 250 g/mol. The van der Waals surface area contributed by atoms with E-state index in [4.69, 9.17) is 5.11 Å². The van der Waals surface area contributed by atoms with Gasteiger partial charge < -0.3 is 14.9 Å². The summed E-state index contributed by atoms with van der Waals surface area (Å²) in [5.41, 5.74) is 0. The van der Waals surface area contributed by atoms with E-state index in [0.29, 0.717) is 19.4 Å². The fourth-order valence-electron chi connectivity index (χ4n) is 1.88. The normalized spacial score (nSPS) is 20.5. The average molecular weight is 250 g/mol. The number of amides is 2. The zero-order valence-electron chi connectivity index (χ0n) is 9.60. The van der Waals surface area contributed by atoms with Crippen molar-refractivity contribution in [2.75, 3.05) is 26.7 Å². The summed E-state index contributed by atoms with van der Waals surface area (Å²) in [6.07, 6.45) is -1.47. The lowest BCUT2D eigenvalue weighted by atomic mass is 9.99. The van der Waals surface area contributed by atoms with E-state index in [9.17, 15) is 18.4 Å². The second-order valence-electron chi connectivity index (χ2n) is 4.18. The lowest BCUT2D eigenvalue weighted by Crippen LogP contribution is -2.48. The van der Waals surface area contributed by atoms with Gasteiger partial charge in [-0.05, 0) is 12.8 Å². The van der Waals surface area contributed by atoms with Crippen LogP contribution in [0.1, 0.15) is 12.8 Å². The summed E-state index contributed by atoms with van der Waals surface area (Å²) < 4.78 is 24.2. The Bertz CT molecular complexity index is 299. The van der Waals surface area contributed by atoms with Gasteiger partial charge in [-0.2, -0.15) is 0 Å². The number of halogens is 2. The van der Waals surface area contributed by atoms with Crippen LogP contribution in [0, 0.1) is 5.92 Å². The first-order valence-corrected chi connectivity index (χ1v) is 5.42. The molecule has 1 fully saturated rings. The Morgan fingerprint density at radius 1 is 1.53 bits per heavy atom. The Balaban J connectivity index is 2.54. The molecule has 1 saturated heterocycles. The molecule has 1 heterocycles. The van der Waals surface area contributed by atoms with E-state index in [1.807, 2.05) is 0 Å². The largest absolute Gasteiger partial charge is 0.481 e. The van der Waals surface area contributed by atoms with Crippen molar-refractivity contribution in [1.29, 1.82) is 0 Å². The molecule has 1 aliphatic rings. The van der Waals surface area contributed by atoms with Crippen LogP contribution in [0.4, 0.5) is 13.6 Å². The summed E-state index contributed by atoms with van der Waals surface area (Å²) in [6, 6.07) is -0.531. The maximum absolute atomic E-state index is 12.1. The first kappa shape index (κ1) is 13.7. The highest BCUT2D eigenvalue weighted by Crippen LogP contribution is 2.17. The minimum absolute atomic E-state index is 0.0990. The van der Waals surface area contributed by atoms with Gasteiger partial charge >= 0.3 is 12.0 Å². The Hall–Kier alpha value is -1.40. The maximum atomic E-state index is 12.1. The molecule has 2 amide bonds. The standard InChI is InChI=1S/C10H16F2N2O3/c1-13(6-8(11)12)10(17)14-4-2-3-7(5-14)9(15)16/h7-8H,2-6H2,1H3,(H,15,16)/t7-/m1/s1. The van der Waals surface area contributed by atoms with Crippen LogP contribution in [0.25, 0.3) is 0 Å². The third-order valence-electron chi connectivity index (χ3n) is 2.78. The molecule has 0 aliphatic carbocycles. The van der Waals surface area contributed by atoms with Crippen LogP contribution in [0.2, 0.25) is 0 Å². The molecule has 0 saturated carbocycles. The van der Waals surface area contributed by atoms with Gasteiger partial charge in [0.05, 0.1) is 12.5 Å². The van der Waals surface area contributed by atoms with E-state index in [2.05, 4.69) is 0 Å². The number of alkyl halides is 2. The van der Waals surface area contributed by atoms with E-state index < -0.39 is 30.9 Å². The van der Waals surface area contributed by atoms with Gasteiger partial charge in [-0.25, -0.2) is 13.6 Å². The highest BCUT2D eigenvalue weighted by Gasteiger charge is 2.30. The van der Waals surface area contributed by atoms with Crippen molar-refractivity contribution in [2.24, 2.45) is 5.92 Å². The van der Waals surface area contributed by atoms with Gasteiger partial charge in [-0.3, -0.25) is 4.79 Å². The van der Waals surface area contributed by atoms with Gasteiger partial charge in [0.15, 0.2) is 0 Å². The second kappa shape index (κ2) is 5.79. The van der Waals surface area contributed by atoms with Crippen LogP contribution < -0.4 is 0 Å². The van der Waals surface area contributed by atoms with Gasteiger partial charge in [0.25, 0.3) is 6.43 Å². The van der Waals surface area contributed by atoms with Crippen molar-refractivity contribution in [3.63, 3.8) is 0 Å². The van der Waals surface area contributed by atoms with Gasteiger partial charge in [-0.15, -0.1) is 0 Å². The van der Waals surface area contributed by atoms with Crippen LogP contribution >= 0.6 is 0 Å². The molecule has 0 spiro atoms. The highest BCUT2D eigenvalue weighted by molar-refractivity contribution is 5.76. The summed E-state index contributed by atoms with van der Waals surface area (Å²) >= 11 is 0. The zero-order valence-corrected chi connectivity index (χ0v) is 9.60. The Morgan fingerprint density at radius 3 is 2.71 bits per heavy atom. The summed E-state index contributed by atoms with van der Waals surface area (Å²) in [5.74, 6) is -1.54. The summed E-state index contributed by atoms with van der Waals surface area (Å²) in [5, 5.41) is 8.85. The summed E-state index contributed by atoms with van der Waals surface area (Å²) in [7, 11) is 1.29. The highest BCUT2D eigenvalue weighted by atomic mass is 19.3. The van der Waals surface area contributed by atoms with Crippen LogP contribution in [0.15, 0.2) is 0 Å². The summed E-state index contributed by atoms with van der Waals surface area (Å²) in [6.45, 7) is -0.106. The smallest absolute Gasteiger partial charge is 0.319 e. The Kier molecular flexibility index (Phi) is 4.65. The van der Waals surface area contributed by atoms with Gasteiger partial charge in [0, 0.05) is 20.1 Å². The molecule has 98 valence electrons. The Labute approximate surface area is 98.0 Å². The van der Waals surface area contributed by atoms with Crippen LogP contribution in [0.3, 0.4) is 0 Å². The van der Waals surface area contributed by atoms with Crippen LogP contribution in [-0.4, -0.2) is 60.0 Å². The molecule has 5 nitrogen and oxygen atoms in total. The number of nitrogens with zero attached hydrogens (tertiary/aromatic N) is 2. The van der Waals surface area contributed by atoms with Crippen LogP contribution in [0.5, 0.6) is 0 Å². The average Bonchev–Trinajstić information content (AvgIpc) is 2.27. The SMILES string of the molecule is CN(CC(F)F)C(=O)N1CCC[C@@H](C(=O)O)C1. The minimum atomic E-state index is -2.58. The van der Waals surface area contributed by atoms with E-state index >= 15 is 0 Å². The molecule has 1 atom stereocenters. The number of carboxylic acids is 1. The third kappa shape index (κ3) is 3.83. The van der Waals surface area contributed by atoms with Crippen molar-refractivity contribution in [3.05, 3.63) is 0 Å². The molecule has 0 aromatic heterocycles. The minimum Gasteiger partial charge on any atom is -0.481 e. The maximum Gasteiger partial charge on any atom is 0.319 e. The van der Waals surface area contributed by atoms with Gasteiger partial charge in [-0.1, -0.05) is 0 Å². The molecule has 1 N–H and O–H groups in total. The van der Waals surface area contributed by atoms with Crippen molar-refractivity contribution in [3.8, 4) is 0 Å². The molecular weight excluding hydrogens is 234 g/mol. The number of aliphatic carboxylic acids is 1. The van der Waals surface area contributed by atoms with Gasteiger partial charge in [0.2, 0.25) is 0 Å². The van der Waals surface area contributed by atoms with Crippen molar-refractivity contribution in [1.82, 2.24) is 9.80 Å². The first-order valence-electron chi connectivity index (χ1n) is 5.42. The molecule has 7 heteroatoms. The predicted octanol–water partition coefficient (Wildman–Crippen LogP) is 1.10. The quantitative estimate of drug-likeness (QED) is 0.816. The first-order chi connectivity index (χ1) is 7.91. The van der Waals surface area contributed by atoms with E-state index in [0.717, 1.165) is 4.90 Å². The van der Waals surface area contributed by atoms with Crippen molar-refractivity contribution >= 4 is 12.0 Å². The number of likely N-dealkylation sites (tertiary alicyclic amines) is 1. The molecule has 1 rings (SSSR count). The topological polar surface area (TPSA) is 60.9 Å². The molecule has 1 aliphatic heterocycles. The number of rotatable bonds is 3. The number of urea groups is 1. The van der Waals surface area contributed by atoms with Gasteiger partial charge in [0.1, 0.15) is 0 Å². The molecule has 0 unspecified atom stereocenters. The fourth-order valence-corrected chi connectivity index (χ4v) is 1.88. The molecule has 0 aromatic rings. The number of carbonyl (C=O) groups excluding carboxylic acids is 1. The lowest BCUT2D eigenvalue weighted by molar-refractivity contribution is -0.143. The van der Waals surface area contributed by atoms with E-state index in [-0.39, 0.29) is 6.54 Å². The predicted molar refractivity (Wildman–Crippen MR) is 56.0 cm³/mol. The van der Waals surface area contributed by atoms with E-state index in [1.54, 1.807) is 0 Å². The van der Waals surface area contributed by atoms with Crippen molar-refractivity contribution < 1.29 is 23.5 Å². The summed E-state index contributed by atoms with van der Waals surface area (Å²) in [4.78, 5) is 24.8. The zero-order chi connectivity index (χ0) is 13.0. The number of carboxylic acid groups (broad SMARTS) is 1. The van der Waals surface area contributed by atoms with Crippen molar-refractivity contribution in [2.45, 2.75) is 19.3 Å². The number of piperidine rings is 1. The Morgan fingerprint density at radius 2 is 2.18 bits per heavy atom. The third-order valence-corrected chi connectivity index (χ3v) is 2.78. The molecule has 0 bridgehead atoms. The van der Waals surface area contributed by atoms with Crippen LogP contribution in [-0.2, 0) is 4.79 Å². The molecule has 0 radical (unpaired) electrons. The molecule has 17 heavy (non-hydrogen) atoms. The number of hydrogen-bond donors (Lipinski definition) is 1. The molecule has 0 aromatic carbocycles.